The van der Waals surface area contributed by atoms with Crippen LogP contribution in [0.1, 0.15) is 0 Å². The molecule has 76 valence electrons. The molecule has 0 radical (unpaired) electrons. The van der Waals surface area contributed by atoms with Crippen LogP contribution in [0, 0.1) is 5.95 Å². The van der Waals surface area contributed by atoms with E-state index >= 15 is 0 Å². The van der Waals surface area contributed by atoms with E-state index in [1.807, 2.05) is 0 Å². The number of hydrogen-bond acceptors (Lipinski definition) is 4. The quantitative estimate of drug-likeness (QED) is 0.618. The molecule has 0 unspecified atom stereocenters. The average Bonchev–Trinajstić information content (AvgIpc) is 2.17. The second-order valence-electron chi connectivity index (χ2n) is 2.64. The van der Waals surface area contributed by atoms with Crippen molar-refractivity contribution in [2.45, 2.75) is 10.2 Å². The summed E-state index contributed by atoms with van der Waals surface area (Å²) in [6.45, 7) is 0. The number of pyridine rings is 1. The Morgan fingerprint density at radius 3 is 2.93 bits per heavy atom. The van der Waals surface area contributed by atoms with E-state index in [9.17, 15) is 9.18 Å². The number of hydrogen-bond donors (Lipinski definition) is 1. The summed E-state index contributed by atoms with van der Waals surface area (Å²) >= 11 is 1.10. The van der Waals surface area contributed by atoms with Crippen molar-refractivity contribution in [2.75, 3.05) is 0 Å². The van der Waals surface area contributed by atoms with Gasteiger partial charge in [0.2, 0.25) is 5.95 Å². The fourth-order valence-corrected chi connectivity index (χ4v) is 1.69. The number of aromatic nitrogens is 3. The molecule has 0 saturated heterocycles. The Morgan fingerprint density at radius 1 is 1.33 bits per heavy atom. The maximum Gasteiger partial charge on any atom is 0.251 e. The molecule has 15 heavy (non-hydrogen) atoms. The van der Waals surface area contributed by atoms with E-state index in [1.54, 1.807) is 12.1 Å². The molecule has 2 heterocycles. The first kappa shape index (κ1) is 9.85. The molecule has 0 aromatic carbocycles. The molecular formula is C9H6FN3OS. The van der Waals surface area contributed by atoms with E-state index in [0.717, 1.165) is 11.8 Å². The van der Waals surface area contributed by atoms with Crippen LogP contribution in [0.5, 0.6) is 0 Å². The van der Waals surface area contributed by atoms with Crippen LogP contribution in [0.2, 0.25) is 0 Å². The molecule has 0 saturated carbocycles. The summed E-state index contributed by atoms with van der Waals surface area (Å²) in [6.07, 6.45) is 1.39. The molecule has 6 heteroatoms. The minimum absolute atomic E-state index is 0.246. The largest absolute Gasteiger partial charge is 0.301 e. The third kappa shape index (κ3) is 2.63. The minimum atomic E-state index is -0.557. The Morgan fingerprint density at radius 2 is 2.20 bits per heavy atom. The summed E-state index contributed by atoms with van der Waals surface area (Å²) in [7, 11) is 0. The Kier molecular flexibility index (Phi) is 2.77. The number of nitrogens with zero attached hydrogens (tertiary/aromatic N) is 2. The van der Waals surface area contributed by atoms with Crippen LogP contribution in [0.15, 0.2) is 45.4 Å². The lowest BCUT2D eigenvalue weighted by Gasteiger charge is -1.98. The van der Waals surface area contributed by atoms with Gasteiger partial charge in [0.05, 0.1) is 0 Å². The van der Waals surface area contributed by atoms with Crippen molar-refractivity contribution in [1.82, 2.24) is 15.0 Å². The maximum atomic E-state index is 12.7. The Hall–Kier alpha value is -1.69. The number of halogens is 1. The molecular weight excluding hydrogens is 217 g/mol. The monoisotopic (exact) mass is 223 g/mol. The zero-order chi connectivity index (χ0) is 10.7. The zero-order valence-electron chi connectivity index (χ0n) is 7.48. The standard InChI is InChI=1S/C9H6FN3OS/c10-6-2-1-3-8(12-6)15-9-11-5-4-7(14)13-9/h1-5H,(H,11,13,14). The van der Waals surface area contributed by atoms with Crippen molar-refractivity contribution >= 4 is 11.8 Å². The van der Waals surface area contributed by atoms with E-state index in [2.05, 4.69) is 15.0 Å². The van der Waals surface area contributed by atoms with Crippen molar-refractivity contribution in [2.24, 2.45) is 0 Å². The van der Waals surface area contributed by atoms with Gasteiger partial charge in [0.25, 0.3) is 5.56 Å². The van der Waals surface area contributed by atoms with Crippen LogP contribution in [0.3, 0.4) is 0 Å². The van der Waals surface area contributed by atoms with E-state index in [0.29, 0.717) is 10.2 Å². The van der Waals surface area contributed by atoms with E-state index in [4.69, 9.17) is 0 Å². The highest BCUT2D eigenvalue weighted by atomic mass is 32.2. The van der Waals surface area contributed by atoms with Crippen molar-refractivity contribution < 1.29 is 4.39 Å². The predicted octanol–water partition coefficient (Wildman–Crippen LogP) is 1.46. The molecule has 0 atom stereocenters. The van der Waals surface area contributed by atoms with Gasteiger partial charge in [0, 0.05) is 12.3 Å². The van der Waals surface area contributed by atoms with Gasteiger partial charge >= 0.3 is 0 Å². The minimum Gasteiger partial charge on any atom is -0.301 e. The Balaban J connectivity index is 2.26. The summed E-state index contributed by atoms with van der Waals surface area (Å²) in [4.78, 5) is 21.0. The van der Waals surface area contributed by atoms with Gasteiger partial charge in [0.1, 0.15) is 5.03 Å². The first-order chi connectivity index (χ1) is 7.24. The fraction of sp³-hybridized carbons (Fsp3) is 0. The molecule has 1 N–H and O–H groups in total. The number of H-pyrrole nitrogens is 1. The molecule has 0 spiro atoms. The number of rotatable bonds is 2. The van der Waals surface area contributed by atoms with Gasteiger partial charge in [-0.2, -0.15) is 4.39 Å². The topological polar surface area (TPSA) is 58.6 Å². The van der Waals surface area contributed by atoms with Crippen molar-refractivity contribution in [3.63, 3.8) is 0 Å². The number of aromatic amines is 1. The first-order valence-corrected chi connectivity index (χ1v) is 4.91. The fourth-order valence-electron chi connectivity index (χ4n) is 0.949. The van der Waals surface area contributed by atoms with Crippen molar-refractivity contribution in [3.05, 3.63) is 46.8 Å². The highest BCUT2D eigenvalue weighted by molar-refractivity contribution is 7.99. The average molecular weight is 223 g/mol. The molecule has 0 aliphatic carbocycles. The second kappa shape index (κ2) is 4.22. The Bertz CT molecular complexity index is 529. The lowest BCUT2D eigenvalue weighted by Crippen LogP contribution is -2.05. The summed E-state index contributed by atoms with van der Waals surface area (Å²) in [6, 6.07) is 5.75. The van der Waals surface area contributed by atoms with Gasteiger partial charge in [0.15, 0.2) is 5.16 Å². The van der Waals surface area contributed by atoms with Crippen LogP contribution in [0.25, 0.3) is 0 Å². The van der Waals surface area contributed by atoms with Crippen LogP contribution in [-0.4, -0.2) is 15.0 Å². The van der Waals surface area contributed by atoms with E-state index in [1.165, 1.54) is 18.3 Å². The van der Waals surface area contributed by atoms with Crippen LogP contribution < -0.4 is 5.56 Å². The zero-order valence-corrected chi connectivity index (χ0v) is 8.29. The lowest BCUT2D eigenvalue weighted by atomic mass is 10.5. The summed E-state index contributed by atoms with van der Waals surface area (Å²) < 4.78 is 12.7. The van der Waals surface area contributed by atoms with Gasteiger partial charge in [-0.15, -0.1) is 0 Å². The molecule has 2 aromatic heterocycles. The summed E-state index contributed by atoms with van der Waals surface area (Å²) in [5.74, 6) is -0.557. The molecule has 0 amide bonds. The van der Waals surface area contributed by atoms with Gasteiger partial charge in [-0.25, -0.2) is 9.97 Å². The third-order valence-corrected chi connectivity index (χ3v) is 2.38. The molecule has 0 bridgehead atoms. The van der Waals surface area contributed by atoms with Crippen LogP contribution >= 0.6 is 11.8 Å². The summed E-state index contributed by atoms with van der Waals surface area (Å²) in [5, 5.41) is 0.838. The molecule has 0 aliphatic heterocycles. The predicted molar refractivity (Wildman–Crippen MR) is 53.2 cm³/mol. The Labute approximate surface area is 88.6 Å². The van der Waals surface area contributed by atoms with Crippen molar-refractivity contribution in [3.8, 4) is 0 Å². The number of nitrogens with one attached hydrogen (secondary N) is 1. The first-order valence-electron chi connectivity index (χ1n) is 4.10. The molecule has 4 nitrogen and oxygen atoms in total. The highest BCUT2D eigenvalue weighted by Crippen LogP contribution is 2.20. The van der Waals surface area contributed by atoms with Gasteiger partial charge in [-0.1, -0.05) is 6.07 Å². The van der Waals surface area contributed by atoms with Gasteiger partial charge in [-0.3, -0.25) is 4.79 Å². The highest BCUT2D eigenvalue weighted by Gasteiger charge is 2.01. The molecule has 2 aromatic rings. The molecule has 0 fully saturated rings. The molecule has 0 aliphatic rings. The van der Waals surface area contributed by atoms with E-state index < -0.39 is 5.95 Å². The lowest BCUT2D eigenvalue weighted by molar-refractivity contribution is 0.572. The van der Waals surface area contributed by atoms with Gasteiger partial charge < -0.3 is 4.98 Å². The van der Waals surface area contributed by atoms with Crippen LogP contribution in [-0.2, 0) is 0 Å². The van der Waals surface area contributed by atoms with Crippen molar-refractivity contribution in [1.29, 1.82) is 0 Å². The maximum absolute atomic E-state index is 12.7. The summed E-state index contributed by atoms with van der Waals surface area (Å²) in [5.41, 5.74) is -0.246. The second-order valence-corrected chi connectivity index (χ2v) is 3.65. The van der Waals surface area contributed by atoms with E-state index in [-0.39, 0.29) is 5.56 Å². The smallest absolute Gasteiger partial charge is 0.251 e. The molecule has 2 rings (SSSR count). The van der Waals surface area contributed by atoms with Gasteiger partial charge in [-0.05, 0) is 23.9 Å². The SMILES string of the molecule is O=c1ccnc(Sc2cccc(F)n2)[nH]1. The third-order valence-electron chi connectivity index (χ3n) is 1.54. The van der Waals surface area contributed by atoms with Crippen LogP contribution in [0.4, 0.5) is 4.39 Å². The normalized spacial score (nSPS) is 10.2.